The first-order valence-electron chi connectivity index (χ1n) is 7.64. The van der Waals surface area contributed by atoms with Crippen molar-refractivity contribution in [3.8, 4) is 11.5 Å². The van der Waals surface area contributed by atoms with Gasteiger partial charge in [-0.15, -0.1) is 0 Å². The van der Waals surface area contributed by atoms with Crippen LogP contribution in [0.3, 0.4) is 0 Å². The normalized spacial score (nSPS) is 21.3. The van der Waals surface area contributed by atoms with Crippen LogP contribution in [0.1, 0.15) is 44.2 Å². The molecule has 1 saturated heterocycles. The van der Waals surface area contributed by atoms with Crippen molar-refractivity contribution in [2.75, 3.05) is 13.3 Å². The van der Waals surface area contributed by atoms with Crippen LogP contribution in [0.25, 0.3) is 0 Å². The molecule has 2 aliphatic heterocycles. The van der Waals surface area contributed by atoms with Crippen LogP contribution < -0.4 is 20.1 Å². The molecular formula is C16H22N2O3. The van der Waals surface area contributed by atoms with Gasteiger partial charge in [0.25, 0.3) is 0 Å². The molecule has 2 atom stereocenters. The summed E-state index contributed by atoms with van der Waals surface area (Å²) in [6, 6.07) is 6.28. The standard InChI is InChI=1S/C16H22N2O3/c1-11(12-4-6-14-15(9-12)21-10-20-14)18-16(19)7-5-13-3-2-8-17-13/h4,6,9,11,13,17H,2-3,5,7-8,10H2,1H3,(H,18,19). The van der Waals surface area contributed by atoms with Crippen molar-refractivity contribution >= 4 is 5.91 Å². The lowest BCUT2D eigenvalue weighted by atomic mass is 10.1. The fraction of sp³-hybridized carbons (Fsp3) is 0.562. The molecule has 2 N–H and O–H groups in total. The van der Waals surface area contributed by atoms with Gasteiger partial charge < -0.3 is 20.1 Å². The van der Waals surface area contributed by atoms with Crippen molar-refractivity contribution in [3.05, 3.63) is 23.8 Å². The van der Waals surface area contributed by atoms with E-state index in [2.05, 4.69) is 10.6 Å². The van der Waals surface area contributed by atoms with E-state index in [0.29, 0.717) is 12.5 Å². The average Bonchev–Trinajstić information content (AvgIpc) is 3.15. The molecule has 0 radical (unpaired) electrons. The Balaban J connectivity index is 1.50. The number of benzene rings is 1. The van der Waals surface area contributed by atoms with E-state index in [1.165, 1.54) is 12.8 Å². The van der Waals surface area contributed by atoms with Crippen LogP contribution in [0.5, 0.6) is 11.5 Å². The van der Waals surface area contributed by atoms with Crippen molar-refractivity contribution in [2.24, 2.45) is 0 Å². The molecule has 1 aromatic rings. The fourth-order valence-electron chi connectivity index (χ4n) is 2.89. The number of amides is 1. The minimum Gasteiger partial charge on any atom is -0.454 e. The zero-order chi connectivity index (χ0) is 14.7. The first-order valence-corrected chi connectivity index (χ1v) is 7.64. The highest BCUT2D eigenvalue weighted by Crippen LogP contribution is 2.34. The first kappa shape index (κ1) is 14.2. The van der Waals surface area contributed by atoms with Gasteiger partial charge in [-0.05, 0) is 50.4 Å². The highest BCUT2D eigenvalue weighted by atomic mass is 16.7. The van der Waals surface area contributed by atoms with E-state index in [1.807, 2.05) is 25.1 Å². The molecule has 3 rings (SSSR count). The molecule has 114 valence electrons. The molecule has 5 heteroatoms. The maximum absolute atomic E-state index is 12.0. The SMILES string of the molecule is CC(NC(=O)CCC1CCCN1)c1ccc2c(c1)OCO2. The topological polar surface area (TPSA) is 59.6 Å². The van der Waals surface area contributed by atoms with E-state index in [-0.39, 0.29) is 18.7 Å². The van der Waals surface area contributed by atoms with Crippen LogP contribution in [0.15, 0.2) is 18.2 Å². The van der Waals surface area contributed by atoms with Crippen LogP contribution in [0.2, 0.25) is 0 Å². The zero-order valence-electron chi connectivity index (χ0n) is 12.4. The fourth-order valence-corrected chi connectivity index (χ4v) is 2.89. The maximum atomic E-state index is 12.0. The number of carbonyl (C=O) groups excluding carboxylic acids is 1. The molecule has 0 saturated carbocycles. The third-order valence-corrected chi connectivity index (χ3v) is 4.16. The van der Waals surface area contributed by atoms with E-state index >= 15 is 0 Å². The van der Waals surface area contributed by atoms with E-state index in [9.17, 15) is 4.79 Å². The van der Waals surface area contributed by atoms with Gasteiger partial charge in [0, 0.05) is 12.5 Å². The Morgan fingerprint density at radius 3 is 3.10 bits per heavy atom. The predicted molar refractivity (Wildman–Crippen MR) is 79.4 cm³/mol. The van der Waals surface area contributed by atoms with Gasteiger partial charge in [-0.25, -0.2) is 0 Å². The Kier molecular flexibility index (Phi) is 4.29. The Labute approximate surface area is 125 Å². The van der Waals surface area contributed by atoms with E-state index in [0.717, 1.165) is 30.0 Å². The van der Waals surface area contributed by atoms with Crippen LogP contribution >= 0.6 is 0 Å². The summed E-state index contributed by atoms with van der Waals surface area (Å²) in [5.41, 5.74) is 1.03. The summed E-state index contributed by atoms with van der Waals surface area (Å²) >= 11 is 0. The highest BCUT2D eigenvalue weighted by Gasteiger charge is 2.18. The highest BCUT2D eigenvalue weighted by molar-refractivity contribution is 5.76. The number of ether oxygens (including phenoxy) is 2. The van der Waals surface area contributed by atoms with Gasteiger partial charge in [0.15, 0.2) is 11.5 Å². The second-order valence-corrected chi connectivity index (χ2v) is 5.73. The van der Waals surface area contributed by atoms with E-state index in [1.54, 1.807) is 0 Å². The van der Waals surface area contributed by atoms with E-state index < -0.39 is 0 Å². The monoisotopic (exact) mass is 290 g/mol. The molecule has 1 fully saturated rings. The molecule has 1 aromatic carbocycles. The van der Waals surface area contributed by atoms with E-state index in [4.69, 9.17) is 9.47 Å². The largest absolute Gasteiger partial charge is 0.454 e. The second-order valence-electron chi connectivity index (χ2n) is 5.73. The second kappa shape index (κ2) is 6.35. The smallest absolute Gasteiger partial charge is 0.231 e. The van der Waals surface area contributed by atoms with Gasteiger partial charge in [0.2, 0.25) is 12.7 Å². The molecule has 21 heavy (non-hydrogen) atoms. The van der Waals surface area contributed by atoms with Crippen molar-refractivity contribution in [1.29, 1.82) is 0 Å². The summed E-state index contributed by atoms with van der Waals surface area (Å²) < 4.78 is 10.7. The Bertz CT molecular complexity index is 512. The first-order chi connectivity index (χ1) is 10.2. The summed E-state index contributed by atoms with van der Waals surface area (Å²) in [6.45, 7) is 3.34. The van der Waals surface area contributed by atoms with Crippen LogP contribution in [-0.2, 0) is 4.79 Å². The third-order valence-electron chi connectivity index (χ3n) is 4.16. The molecule has 2 unspecified atom stereocenters. The Morgan fingerprint density at radius 2 is 2.29 bits per heavy atom. The van der Waals surface area contributed by atoms with Crippen molar-refractivity contribution in [2.45, 2.75) is 44.7 Å². The van der Waals surface area contributed by atoms with Crippen molar-refractivity contribution < 1.29 is 14.3 Å². The van der Waals surface area contributed by atoms with Gasteiger partial charge >= 0.3 is 0 Å². The van der Waals surface area contributed by atoms with Gasteiger partial charge in [0.1, 0.15) is 0 Å². The molecular weight excluding hydrogens is 268 g/mol. The van der Waals surface area contributed by atoms with Gasteiger partial charge in [0.05, 0.1) is 6.04 Å². The van der Waals surface area contributed by atoms with Gasteiger partial charge in [-0.2, -0.15) is 0 Å². The van der Waals surface area contributed by atoms with Crippen LogP contribution in [0.4, 0.5) is 0 Å². The van der Waals surface area contributed by atoms with Gasteiger partial charge in [-0.3, -0.25) is 4.79 Å². The van der Waals surface area contributed by atoms with Crippen molar-refractivity contribution in [3.63, 3.8) is 0 Å². The molecule has 1 amide bonds. The minimum absolute atomic E-state index is 0.0245. The number of carbonyl (C=O) groups is 1. The maximum Gasteiger partial charge on any atom is 0.231 e. The summed E-state index contributed by atoms with van der Waals surface area (Å²) in [6.07, 6.45) is 3.90. The molecule has 5 nitrogen and oxygen atoms in total. The summed E-state index contributed by atoms with van der Waals surface area (Å²) in [7, 11) is 0. The lowest BCUT2D eigenvalue weighted by Gasteiger charge is -2.16. The number of fused-ring (bicyclic) bond motifs is 1. The molecule has 2 heterocycles. The summed E-state index contributed by atoms with van der Waals surface area (Å²) in [5.74, 6) is 1.63. The number of hydrogen-bond donors (Lipinski definition) is 2. The number of rotatable bonds is 5. The molecule has 0 aromatic heterocycles. The lowest BCUT2D eigenvalue weighted by Crippen LogP contribution is -2.29. The lowest BCUT2D eigenvalue weighted by molar-refractivity contribution is -0.121. The predicted octanol–water partition coefficient (Wildman–Crippen LogP) is 2.12. The average molecular weight is 290 g/mol. The van der Waals surface area contributed by atoms with Gasteiger partial charge in [-0.1, -0.05) is 6.07 Å². The third kappa shape index (κ3) is 3.47. The van der Waals surface area contributed by atoms with Crippen LogP contribution in [0, 0.1) is 0 Å². The molecule has 0 bridgehead atoms. The summed E-state index contributed by atoms with van der Waals surface area (Å²) in [4.78, 5) is 12.0. The number of nitrogens with one attached hydrogen (secondary N) is 2. The Hall–Kier alpha value is -1.75. The Morgan fingerprint density at radius 1 is 1.43 bits per heavy atom. The quantitative estimate of drug-likeness (QED) is 0.872. The summed E-state index contributed by atoms with van der Waals surface area (Å²) in [5, 5.41) is 6.46. The number of hydrogen-bond acceptors (Lipinski definition) is 4. The zero-order valence-corrected chi connectivity index (χ0v) is 12.4. The molecule has 0 aliphatic carbocycles. The molecule has 2 aliphatic rings. The minimum atomic E-state index is -0.0245. The van der Waals surface area contributed by atoms with Crippen LogP contribution in [-0.4, -0.2) is 25.3 Å². The molecule has 0 spiro atoms. The van der Waals surface area contributed by atoms with Crippen molar-refractivity contribution in [1.82, 2.24) is 10.6 Å².